The highest BCUT2D eigenvalue weighted by Crippen LogP contribution is 2.44. The van der Waals surface area contributed by atoms with Gasteiger partial charge in [-0.15, -0.1) is 0 Å². The van der Waals surface area contributed by atoms with Gasteiger partial charge in [-0.05, 0) is 72.3 Å². The van der Waals surface area contributed by atoms with Crippen molar-refractivity contribution in [3.8, 4) is 17.2 Å². The summed E-state index contributed by atoms with van der Waals surface area (Å²) in [5.74, 6) is -0.693. The number of likely N-dealkylation sites (N-methyl/N-ethyl adjacent to an activating group) is 1. The second-order valence-corrected chi connectivity index (χ2v) is 9.59. The van der Waals surface area contributed by atoms with Crippen molar-refractivity contribution in [3.63, 3.8) is 0 Å². The van der Waals surface area contributed by atoms with Crippen LogP contribution in [-0.2, 0) is 9.59 Å². The Balaban J connectivity index is 1.50. The first kappa shape index (κ1) is 25.2. The normalized spacial score (nSPS) is 17.9. The maximum Gasteiger partial charge on any atom is 0.300 e. The number of carbonyl (C=O) groups is 2. The minimum absolute atomic E-state index is 0.0782. The SMILES string of the molecule is CN1CCOc2ccc(/C(O)=C3/C(=O)C(=O)N(c4ccc(F)cc4)C3c3cccc(Oc4ccccc4)c3)cc21. The number of ether oxygens (including phenoxy) is 2. The van der Waals surface area contributed by atoms with Gasteiger partial charge in [0.05, 0.1) is 23.8 Å². The molecule has 1 unspecified atom stereocenters. The quantitative estimate of drug-likeness (QED) is 0.189. The van der Waals surface area contributed by atoms with Crippen molar-refractivity contribution in [2.45, 2.75) is 6.04 Å². The first-order valence-electron chi connectivity index (χ1n) is 12.8. The number of para-hydroxylation sites is 1. The number of rotatable bonds is 5. The lowest BCUT2D eigenvalue weighted by Gasteiger charge is -2.28. The molecule has 0 bridgehead atoms. The van der Waals surface area contributed by atoms with E-state index >= 15 is 0 Å². The number of nitrogens with zero attached hydrogens (tertiary/aromatic N) is 2. The van der Waals surface area contributed by atoms with Gasteiger partial charge in [-0.1, -0.05) is 30.3 Å². The number of aliphatic hydroxyl groups is 1. The lowest BCUT2D eigenvalue weighted by Crippen LogP contribution is -2.29. The summed E-state index contributed by atoms with van der Waals surface area (Å²) in [5.41, 5.74) is 1.91. The fraction of sp³-hybridized carbons (Fsp3) is 0.125. The number of amides is 1. The summed E-state index contributed by atoms with van der Waals surface area (Å²) in [5, 5.41) is 11.6. The van der Waals surface area contributed by atoms with E-state index in [1.165, 1.54) is 29.2 Å². The van der Waals surface area contributed by atoms with Gasteiger partial charge in [-0.2, -0.15) is 0 Å². The van der Waals surface area contributed by atoms with E-state index in [-0.39, 0.29) is 11.3 Å². The van der Waals surface area contributed by atoms with E-state index in [0.717, 1.165) is 5.69 Å². The molecular formula is C32H25FN2O5. The molecule has 2 aliphatic heterocycles. The zero-order chi connectivity index (χ0) is 27.8. The average Bonchev–Trinajstić information content (AvgIpc) is 3.24. The monoisotopic (exact) mass is 536 g/mol. The number of aliphatic hydroxyl groups excluding tert-OH is 1. The fourth-order valence-corrected chi connectivity index (χ4v) is 5.04. The van der Waals surface area contributed by atoms with Gasteiger partial charge >= 0.3 is 0 Å². The van der Waals surface area contributed by atoms with Crippen LogP contribution >= 0.6 is 0 Å². The summed E-state index contributed by atoms with van der Waals surface area (Å²) in [6.45, 7) is 1.21. The van der Waals surface area contributed by atoms with Crippen LogP contribution < -0.4 is 19.3 Å². The predicted molar refractivity (Wildman–Crippen MR) is 149 cm³/mol. The molecule has 1 saturated heterocycles. The Hall–Kier alpha value is -5.11. The highest BCUT2D eigenvalue weighted by Gasteiger charge is 2.47. The minimum atomic E-state index is -0.991. The molecule has 0 spiro atoms. The third-order valence-electron chi connectivity index (χ3n) is 7.03. The highest BCUT2D eigenvalue weighted by atomic mass is 19.1. The molecule has 7 nitrogen and oxygen atoms in total. The molecule has 1 N–H and O–H groups in total. The molecule has 6 rings (SSSR count). The third kappa shape index (κ3) is 4.53. The predicted octanol–water partition coefficient (Wildman–Crippen LogP) is 6.07. The molecule has 1 atom stereocenters. The van der Waals surface area contributed by atoms with Crippen LogP contribution in [0.15, 0.2) is 103 Å². The van der Waals surface area contributed by atoms with Crippen LogP contribution in [0.3, 0.4) is 0 Å². The molecule has 0 radical (unpaired) electrons. The lowest BCUT2D eigenvalue weighted by molar-refractivity contribution is -0.132. The summed E-state index contributed by atoms with van der Waals surface area (Å²) in [6.07, 6.45) is 0. The smallest absolute Gasteiger partial charge is 0.300 e. The minimum Gasteiger partial charge on any atom is -0.507 e. The first-order chi connectivity index (χ1) is 19.4. The molecule has 1 fully saturated rings. The van der Waals surface area contributed by atoms with Crippen molar-refractivity contribution in [2.75, 3.05) is 30.0 Å². The Morgan fingerprint density at radius 2 is 1.68 bits per heavy atom. The van der Waals surface area contributed by atoms with Gasteiger partial charge in [0.2, 0.25) is 0 Å². The van der Waals surface area contributed by atoms with Gasteiger partial charge < -0.3 is 19.5 Å². The molecule has 4 aromatic rings. The van der Waals surface area contributed by atoms with E-state index < -0.39 is 23.5 Å². The van der Waals surface area contributed by atoms with Crippen molar-refractivity contribution in [2.24, 2.45) is 0 Å². The molecule has 4 aromatic carbocycles. The van der Waals surface area contributed by atoms with Crippen molar-refractivity contribution in [3.05, 3.63) is 120 Å². The summed E-state index contributed by atoms with van der Waals surface area (Å²) in [4.78, 5) is 30.3. The lowest BCUT2D eigenvalue weighted by atomic mass is 9.94. The molecule has 200 valence electrons. The van der Waals surface area contributed by atoms with E-state index in [0.29, 0.717) is 47.2 Å². The standard InChI is InChI=1S/C32H25FN2O5/c1-34-16-17-39-27-15-10-21(19-26(27)34)30(36)28-29(35(32(38)31(28)37)23-13-11-22(33)12-14-23)20-6-5-9-25(18-20)40-24-7-3-2-4-8-24/h2-15,18-19,29,36H,16-17H2,1H3/b30-28-. The Kier molecular flexibility index (Phi) is 6.43. The van der Waals surface area contributed by atoms with E-state index in [9.17, 15) is 19.1 Å². The fourth-order valence-electron chi connectivity index (χ4n) is 5.04. The Labute approximate surface area is 230 Å². The van der Waals surface area contributed by atoms with Gasteiger partial charge in [0.25, 0.3) is 11.7 Å². The van der Waals surface area contributed by atoms with Gasteiger partial charge in [0, 0.05) is 18.3 Å². The van der Waals surface area contributed by atoms with Crippen molar-refractivity contribution in [1.82, 2.24) is 0 Å². The topological polar surface area (TPSA) is 79.3 Å². The van der Waals surface area contributed by atoms with Gasteiger partial charge in [0.1, 0.15) is 35.4 Å². The number of benzene rings is 4. The number of Topliss-reactive ketones (excluding diaryl/α,β-unsaturated/α-hetero) is 1. The molecule has 1 amide bonds. The van der Waals surface area contributed by atoms with Gasteiger partial charge in [-0.25, -0.2) is 4.39 Å². The van der Waals surface area contributed by atoms with Crippen LogP contribution in [0.5, 0.6) is 17.2 Å². The van der Waals surface area contributed by atoms with Crippen LogP contribution in [-0.4, -0.2) is 37.0 Å². The number of ketones is 1. The summed E-state index contributed by atoms with van der Waals surface area (Å²) in [7, 11) is 1.91. The highest BCUT2D eigenvalue weighted by molar-refractivity contribution is 6.51. The van der Waals surface area contributed by atoms with Crippen LogP contribution in [0.2, 0.25) is 0 Å². The third-order valence-corrected chi connectivity index (χ3v) is 7.03. The number of fused-ring (bicyclic) bond motifs is 1. The van der Waals surface area contributed by atoms with Crippen LogP contribution in [0.1, 0.15) is 17.2 Å². The first-order valence-corrected chi connectivity index (χ1v) is 12.8. The largest absolute Gasteiger partial charge is 0.507 e. The number of anilines is 2. The number of hydrogen-bond donors (Lipinski definition) is 1. The summed E-state index contributed by atoms with van der Waals surface area (Å²) in [6, 6.07) is 25.7. The van der Waals surface area contributed by atoms with E-state index in [1.54, 1.807) is 42.5 Å². The van der Waals surface area contributed by atoms with Crippen molar-refractivity contribution in [1.29, 1.82) is 0 Å². The number of halogens is 1. The Morgan fingerprint density at radius 3 is 2.45 bits per heavy atom. The summed E-state index contributed by atoms with van der Waals surface area (Å²) < 4.78 is 25.5. The Morgan fingerprint density at radius 1 is 0.925 bits per heavy atom. The zero-order valence-corrected chi connectivity index (χ0v) is 21.6. The molecule has 0 aromatic heterocycles. The molecule has 8 heteroatoms. The molecule has 0 saturated carbocycles. The van der Waals surface area contributed by atoms with Crippen LogP contribution in [0, 0.1) is 5.82 Å². The maximum atomic E-state index is 13.8. The maximum absolute atomic E-state index is 13.8. The van der Waals surface area contributed by atoms with Crippen LogP contribution in [0.25, 0.3) is 5.76 Å². The van der Waals surface area contributed by atoms with Crippen molar-refractivity contribution >= 4 is 28.8 Å². The van der Waals surface area contributed by atoms with Crippen LogP contribution in [0.4, 0.5) is 15.8 Å². The number of hydrogen-bond acceptors (Lipinski definition) is 6. The van der Waals surface area contributed by atoms with Gasteiger partial charge in [0.15, 0.2) is 0 Å². The van der Waals surface area contributed by atoms with E-state index in [1.807, 2.05) is 42.3 Å². The van der Waals surface area contributed by atoms with Crippen molar-refractivity contribution < 1.29 is 28.6 Å². The van der Waals surface area contributed by atoms with Gasteiger partial charge in [-0.3, -0.25) is 14.5 Å². The number of carbonyl (C=O) groups excluding carboxylic acids is 2. The van der Waals surface area contributed by atoms with E-state index in [2.05, 4.69) is 0 Å². The second kappa shape index (κ2) is 10.2. The molecule has 0 aliphatic carbocycles. The molecule has 2 heterocycles. The zero-order valence-electron chi connectivity index (χ0n) is 21.6. The Bertz CT molecular complexity index is 1640. The molecule has 40 heavy (non-hydrogen) atoms. The summed E-state index contributed by atoms with van der Waals surface area (Å²) >= 11 is 0. The molecular weight excluding hydrogens is 511 g/mol. The molecule has 2 aliphatic rings. The van der Waals surface area contributed by atoms with E-state index in [4.69, 9.17) is 9.47 Å². The second-order valence-electron chi connectivity index (χ2n) is 9.59. The average molecular weight is 537 g/mol.